The predicted molar refractivity (Wildman–Crippen MR) is 53.2 cm³/mol. The van der Waals surface area contributed by atoms with Gasteiger partial charge in [0, 0.05) is 6.42 Å². The average Bonchev–Trinajstić information content (AvgIpc) is 2.49. The largest absolute Gasteiger partial charge is 0.316 e. The van der Waals surface area contributed by atoms with Crippen LogP contribution in [0, 0.1) is 5.92 Å². The van der Waals surface area contributed by atoms with Gasteiger partial charge in [-0.15, -0.1) is 0 Å². The van der Waals surface area contributed by atoms with E-state index in [1.165, 1.54) is 0 Å². The molecule has 82 valence electrons. The zero-order valence-corrected chi connectivity index (χ0v) is 9.06. The van der Waals surface area contributed by atoms with Gasteiger partial charge in [-0.3, -0.25) is 9.52 Å². The lowest BCUT2D eigenvalue weighted by molar-refractivity contribution is -0.119. The molecule has 0 saturated carbocycles. The summed E-state index contributed by atoms with van der Waals surface area (Å²) in [6.07, 6.45) is 3.11. The maximum Gasteiger partial charge on any atom is 0.233 e. The van der Waals surface area contributed by atoms with Crippen molar-refractivity contribution in [1.29, 1.82) is 0 Å². The summed E-state index contributed by atoms with van der Waals surface area (Å²) in [5, 5.41) is 3.19. The molecule has 1 atom stereocenters. The van der Waals surface area contributed by atoms with E-state index in [4.69, 9.17) is 0 Å². The summed E-state index contributed by atoms with van der Waals surface area (Å²) in [5.74, 6) is 0.111. The van der Waals surface area contributed by atoms with Gasteiger partial charge in [0.1, 0.15) is 0 Å². The van der Waals surface area contributed by atoms with Crippen LogP contribution in [-0.2, 0) is 14.8 Å². The zero-order chi connectivity index (χ0) is 10.6. The Morgan fingerprint density at radius 2 is 2.29 bits per heavy atom. The first-order chi connectivity index (χ1) is 6.47. The van der Waals surface area contributed by atoms with Crippen molar-refractivity contribution < 1.29 is 13.2 Å². The average molecular weight is 220 g/mol. The third-order valence-corrected chi connectivity index (χ3v) is 2.84. The van der Waals surface area contributed by atoms with Crippen molar-refractivity contribution in [3.8, 4) is 0 Å². The Morgan fingerprint density at radius 3 is 2.79 bits per heavy atom. The summed E-state index contributed by atoms with van der Waals surface area (Å²) in [4.78, 5) is 11.1. The normalized spacial score (nSPS) is 22.2. The molecule has 0 aromatic carbocycles. The fourth-order valence-electron chi connectivity index (χ4n) is 1.55. The Morgan fingerprint density at radius 1 is 1.57 bits per heavy atom. The van der Waals surface area contributed by atoms with Crippen molar-refractivity contribution in [2.45, 2.75) is 19.3 Å². The van der Waals surface area contributed by atoms with E-state index < -0.39 is 15.9 Å². The van der Waals surface area contributed by atoms with Crippen LogP contribution in [0.25, 0.3) is 0 Å². The highest BCUT2D eigenvalue weighted by Gasteiger charge is 2.16. The van der Waals surface area contributed by atoms with Gasteiger partial charge >= 0.3 is 0 Å². The van der Waals surface area contributed by atoms with Crippen LogP contribution in [0.15, 0.2) is 0 Å². The Hall–Kier alpha value is -0.620. The Kier molecular flexibility index (Phi) is 3.88. The second kappa shape index (κ2) is 4.75. The predicted octanol–water partition coefficient (Wildman–Crippen LogP) is -0.548. The summed E-state index contributed by atoms with van der Waals surface area (Å²) in [5.41, 5.74) is 0. The number of hydrogen-bond donors (Lipinski definition) is 2. The minimum absolute atomic E-state index is 0.291. The van der Waals surface area contributed by atoms with Crippen LogP contribution in [0.2, 0.25) is 0 Å². The summed E-state index contributed by atoms with van der Waals surface area (Å²) < 4.78 is 23.3. The number of rotatable bonds is 4. The number of carbonyl (C=O) groups is 1. The molecule has 0 aromatic rings. The Bertz CT molecular complexity index is 294. The highest BCUT2D eigenvalue weighted by Crippen LogP contribution is 2.13. The van der Waals surface area contributed by atoms with Gasteiger partial charge in [0.15, 0.2) is 0 Å². The molecule has 1 heterocycles. The smallest absolute Gasteiger partial charge is 0.233 e. The first-order valence-corrected chi connectivity index (χ1v) is 6.58. The van der Waals surface area contributed by atoms with Crippen molar-refractivity contribution in [2.24, 2.45) is 5.92 Å². The van der Waals surface area contributed by atoms with Crippen LogP contribution in [0.1, 0.15) is 19.3 Å². The van der Waals surface area contributed by atoms with E-state index in [0.717, 1.165) is 32.2 Å². The molecule has 1 aliphatic heterocycles. The topological polar surface area (TPSA) is 75.3 Å². The van der Waals surface area contributed by atoms with Crippen molar-refractivity contribution in [1.82, 2.24) is 10.0 Å². The lowest BCUT2D eigenvalue weighted by Crippen LogP contribution is -2.29. The van der Waals surface area contributed by atoms with Gasteiger partial charge in [0.2, 0.25) is 15.9 Å². The first-order valence-electron chi connectivity index (χ1n) is 4.69. The van der Waals surface area contributed by atoms with Crippen LogP contribution >= 0.6 is 0 Å². The van der Waals surface area contributed by atoms with Gasteiger partial charge in [-0.1, -0.05) is 0 Å². The maximum atomic E-state index is 11.1. The van der Waals surface area contributed by atoms with Crippen LogP contribution in [0.5, 0.6) is 0 Å². The van der Waals surface area contributed by atoms with Gasteiger partial charge in [-0.2, -0.15) is 0 Å². The molecule has 1 fully saturated rings. The Balaban J connectivity index is 2.21. The van der Waals surface area contributed by atoms with Crippen molar-refractivity contribution in [2.75, 3.05) is 19.3 Å². The van der Waals surface area contributed by atoms with Gasteiger partial charge in [-0.25, -0.2) is 8.42 Å². The minimum atomic E-state index is -3.38. The summed E-state index contributed by atoms with van der Waals surface area (Å²) in [6.45, 7) is 1.94. The fraction of sp³-hybridized carbons (Fsp3) is 0.875. The molecule has 0 radical (unpaired) electrons. The Labute approximate surface area is 84.3 Å². The first kappa shape index (κ1) is 11.5. The lowest BCUT2D eigenvalue weighted by atomic mass is 10.0. The summed E-state index contributed by atoms with van der Waals surface area (Å²) in [6, 6.07) is 0. The van der Waals surface area contributed by atoms with Crippen molar-refractivity contribution in [3.63, 3.8) is 0 Å². The highest BCUT2D eigenvalue weighted by molar-refractivity contribution is 7.89. The molecule has 5 nitrogen and oxygen atoms in total. The third-order valence-electron chi connectivity index (χ3n) is 2.24. The molecule has 1 amide bonds. The van der Waals surface area contributed by atoms with Crippen LogP contribution in [0.4, 0.5) is 0 Å². The minimum Gasteiger partial charge on any atom is -0.316 e. The quantitative estimate of drug-likeness (QED) is 0.666. The SMILES string of the molecule is CS(=O)(=O)NC(=O)CCC1CCNC1. The van der Waals surface area contributed by atoms with Gasteiger partial charge in [-0.05, 0) is 31.8 Å². The second-order valence-electron chi connectivity index (χ2n) is 3.69. The van der Waals surface area contributed by atoms with Crippen LogP contribution in [0.3, 0.4) is 0 Å². The van der Waals surface area contributed by atoms with Crippen LogP contribution < -0.4 is 10.0 Å². The van der Waals surface area contributed by atoms with E-state index >= 15 is 0 Å². The molecular formula is C8H16N2O3S. The molecular weight excluding hydrogens is 204 g/mol. The van der Waals surface area contributed by atoms with E-state index in [2.05, 4.69) is 5.32 Å². The van der Waals surface area contributed by atoms with E-state index in [0.29, 0.717) is 12.3 Å². The molecule has 1 saturated heterocycles. The van der Waals surface area contributed by atoms with E-state index in [-0.39, 0.29) is 0 Å². The second-order valence-corrected chi connectivity index (χ2v) is 5.44. The lowest BCUT2D eigenvalue weighted by Gasteiger charge is -2.07. The van der Waals surface area contributed by atoms with E-state index in [1.807, 2.05) is 4.72 Å². The number of hydrogen-bond acceptors (Lipinski definition) is 4. The van der Waals surface area contributed by atoms with Crippen LogP contribution in [-0.4, -0.2) is 33.7 Å². The maximum absolute atomic E-state index is 11.1. The van der Waals surface area contributed by atoms with Gasteiger partial charge < -0.3 is 5.32 Å². The summed E-state index contributed by atoms with van der Waals surface area (Å²) >= 11 is 0. The van der Waals surface area contributed by atoms with Gasteiger partial charge in [0.25, 0.3) is 0 Å². The molecule has 14 heavy (non-hydrogen) atoms. The number of carbonyl (C=O) groups excluding carboxylic acids is 1. The molecule has 6 heteroatoms. The highest BCUT2D eigenvalue weighted by atomic mass is 32.2. The van der Waals surface area contributed by atoms with Gasteiger partial charge in [0.05, 0.1) is 6.26 Å². The number of sulfonamides is 1. The fourth-order valence-corrected chi connectivity index (χ4v) is 2.07. The molecule has 1 unspecified atom stereocenters. The van der Waals surface area contributed by atoms with Crippen molar-refractivity contribution >= 4 is 15.9 Å². The number of amides is 1. The standard InChI is InChI=1S/C8H16N2O3S/c1-14(12,13)10-8(11)3-2-7-4-5-9-6-7/h7,9H,2-6H2,1H3,(H,10,11). The van der Waals surface area contributed by atoms with E-state index in [9.17, 15) is 13.2 Å². The summed E-state index contributed by atoms with van der Waals surface area (Å²) in [7, 11) is -3.38. The molecule has 1 aliphatic rings. The molecule has 0 aliphatic carbocycles. The molecule has 0 bridgehead atoms. The molecule has 2 N–H and O–H groups in total. The molecule has 0 aromatic heterocycles. The number of nitrogens with one attached hydrogen (secondary N) is 2. The molecule has 0 spiro atoms. The van der Waals surface area contributed by atoms with Crippen molar-refractivity contribution in [3.05, 3.63) is 0 Å². The van der Waals surface area contributed by atoms with E-state index in [1.54, 1.807) is 0 Å². The monoisotopic (exact) mass is 220 g/mol. The zero-order valence-electron chi connectivity index (χ0n) is 8.25. The molecule has 1 rings (SSSR count). The third kappa shape index (κ3) is 4.57.